The predicted octanol–water partition coefficient (Wildman–Crippen LogP) is 3.79. The molecule has 120 valence electrons. The van der Waals surface area contributed by atoms with Crippen LogP contribution in [0.2, 0.25) is 0 Å². The Morgan fingerprint density at radius 2 is 1.88 bits per heavy atom. The molecule has 0 fully saturated rings. The van der Waals surface area contributed by atoms with E-state index in [0.29, 0.717) is 11.3 Å². The quantitative estimate of drug-likeness (QED) is 0.461. The van der Waals surface area contributed by atoms with E-state index in [1.165, 1.54) is 4.68 Å². The molecule has 0 atom stereocenters. The number of furan rings is 1. The van der Waals surface area contributed by atoms with Crippen molar-refractivity contribution in [3.63, 3.8) is 0 Å². The van der Waals surface area contributed by atoms with Crippen LogP contribution in [-0.2, 0) is 0 Å². The normalized spacial score (nSPS) is 11.4. The second kappa shape index (κ2) is 5.17. The summed E-state index contributed by atoms with van der Waals surface area (Å²) in [4.78, 5) is 12.5. The fourth-order valence-corrected chi connectivity index (χ4v) is 2.89. The first-order chi connectivity index (χ1) is 12.3. The zero-order valence-electron chi connectivity index (χ0n) is 12.9. The minimum atomic E-state index is -0.472. The summed E-state index contributed by atoms with van der Waals surface area (Å²) in [6, 6.07) is 18.5. The van der Waals surface area contributed by atoms with E-state index < -0.39 is 5.63 Å². The number of fused-ring (bicyclic) bond motifs is 2. The second-order valence-corrected chi connectivity index (χ2v) is 5.64. The summed E-state index contributed by atoms with van der Waals surface area (Å²) >= 11 is 0. The highest BCUT2D eigenvalue weighted by atomic mass is 16.4. The van der Waals surface area contributed by atoms with Crippen molar-refractivity contribution in [1.82, 2.24) is 15.0 Å². The summed E-state index contributed by atoms with van der Waals surface area (Å²) in [5.41, 5.74) is 2.66. The lowest BCUT2D eigenvalue weighted by molar-refractivity contribution is 0.551. The van der Waals surface area contributed by atoms with E-state index in [9.17, 15) is 4.79 Å². The maximum atomic E-state index is 12.5. The van der Waals surface area contributed by atoms with Gasteiger partial charge in [0.1, 0.15) is 16.9 Å². The van der Waals surface area contributed by atoms with Gasteiger partial charge in [-0.3, -0.25) is 0 Å². The molecule has 0 bridgehead atoms. The van der Waals surface area contributed by atoms with E-state index in [-0.39, 0.29) is 0 Å². The number of hydrogen-bond donors (Lipinski definition) is 0. The van der Waals surface area contributed by atoms with E-state index >= 15 is 0 Å². The Hall–Kier alpha value is -3.67. The van der Waals surface area contributed by atoms with E-state index in [0.717, 1.165) is 27.7 Å². The summed E-state index contributed by atoms with van der Waals surface area (Å²) in [6.07, 6.45) is 1.61. The van der Waals surface area contributed by atoms with E-state index in [2.05, 4.69) is 10.3 Å². The summed E-state index contributed by atoms with van der Waals surface area (Å²) in [7, 11) is 0. The number of aromatic nitrogens is 3. The third-order valence-electron chi connectivity index (χ3n) is 4.10. The summed E-state index contributed by atoms with van der Waals surface area (Å²) in [5.74, 6) is 0.718. The van der Waals surface area contributed by atoms with Gasteiger partial charge in [-0.25, -0.2) is 9.48 Å². The van der Waals surface area contributed by atoms with Gasteiger partial charge in [-0.2, -0.15) is 0 Å². The zero-order valence-corrected chi connectivity index (χ0v) is 12.9. The van der Waals surface area contributed by atoms with Crippen molar-refractivity contribution in [3.05, 3.63) is 77.3 Å². The fourth-order valence-electron chi connectivity index (χ4n) is 2.89. The molecule has 0 spiro atoms. The van der Waals surface area contributed by atoms with Crippen molar-refractivity contribution < 1.29 is 8.83 Å². The van der Waals surface area contributed by atoms with Gasteiger partial charge in [-0.1, -0.05) is 29.5 Å². The molecule has 0 saturated carbocycles. The Morgan fingerprint density at radius 1 is 0.960 bits per heavy atom. The average molecular weight is 329 g/mol. The van der Waals surface area contributed by atoms with E-state index in [4.69, 9.17) is 8.83 Å². The average Bonchev–Trinajstić information content (AvgIpc) is 3.31. The maximum absolute atomic E-state index is 12.5. The van der Waals surface area contributed by atoms with Crippen LogP contribution >= 0.6 is 0 Å². The number of para-hydroxylation sites is 1. The minimum absolute atomic E-state index is 0.326. The third-order valence-corrected chi connectivity index (χ3v) is 4.10. The lowest BCUT2D eigenvalue weighted by atomic mass is 10.1. The van der Waals surface area contributed by atoms with Crippen LogP contribution in [0.15, 0.2) is 80.6 Å². The van der Waals surface area contributed by atoms with E-state index in [1.807, 2.05) is 48.5 Å². The number of nitrogens with zero attached hydrogens (tertiary/aromatic N) is 3. The van der Waals surface area contributed by atoms with E-state index in [1.54, 1.807) is 18.4 Å². The zero-order chi connectivity index (χ0) is 16.8. The van der Waals surface area contributed by atoms with Crippen molar-refractivity contribution in [1.29, 1.82) is 0 Å². The van der Waals surface area contributed by atoms with Crippen LogP contribution < -0.4 is 5.63 Å². The van der Waals surface area contributed by atoms with Gasteiger partial charge in [0.15, 0.2) is 5.69 Å². The van der Waals surface area contributed by atoms with Gasteiger partial charge in [0.05, 0.1) is 11.8 Å². The molecule has 3 aromatic heterocycles. The third kappa shape index (κ3) is 2.15. The molecule has 3 heterocycles. The Balaban J connectivity index is 1.71. The van der Waals surface area contributed by atoms with Gasteiger partial charge >= 0.3 is 5.63 Å². The van der Waals surface area contributed by atoms with Crippen LogP contribution in [0.4, 0.5) is 0 Å². The molecular formula is C19H11N3O3. The van der Waals surface area contributed by atoms with Crippen molar-refractivity contribution in [2.45, 2.75) is 0 Å². The Labute approximate surface area is 140 Å². The summed E-state index contributed by atoms with van der Waals surface area (Å²) < 4.78 is 12.4. The highest BCUT2D eigenvalue weighted by molar-refractivity contribution is 5.84. The molecule has 0 aliphatic rings. The first kappa shape index (κ1) is 13.7. The Bertz CT molecular complexity index is 1270. The highest BCUT2D eigenvalue weighted by Gasteiger charge is 2.13. The molecule has 5 rings (SSSR count). The molecule has 0 unspecified atom stereocenters. The van der Waals surface area contributed by atoms with Crippen LogP contribution in [0.5, 0.6) is 0 Å². The fraction of sp³-hybridized carbons (Fsp3) is 0. The first-order valence-electron chi connectivity index (χ1n) is 7.72. The number of benzene rings is 2. The molecule has 6 nitrogen and oxygen atoms in total. The van der Waals surface area contributed by atoms with Gasteiger partial charge in [0.2, 0.25) is 0 Å². The first-order valence-corrected chi connectivity index (χ1v) is 7.72. The molecule has 25 heavy (non-hydrogen) atoms. The molecule has 5 aromatic rings. The smallest absolute Gasteiger partial charge is 0.362 e. The highest BCUT2D eigenvalue weighted by Crippen LogP contribution is 2.25. The second-order valence-electron chi connectivity index (χ2n) is 5.64. The topological polar surface area (TPSA) is 74.1 Å². The predicted molar refractivity (Wildman–Crippen MR) is 92.6 cm³/mol. The lowest BCUT2D eigenvalue weighted by Gasteiger charge is -2.04. The lowest BCUT2D eigenvalue weighted by Crippen LogP contribution is -2.11. The van der Waals surface area contributed by atoms with Crippen molar-refractivity contribution in [2.75, 3.05) is 0 Å². The van der Waals surface area contributed by atoms with Crippen LogP contribution in [0.3, 0.4) is 0 Å². The molecule has 0 aliphatic heterocycles. The van der Waals surface area contributed by atoms with Crippen molar-refractivity contribution in [3.8, 4) is 17.0 Å². The van der Waals surface area contributed by atoms with Crippen LogP contribution in [-0.4, -0.2) is 15.0 Å². The molecular weight excluding hydrogens is 318 g/mol. The Kier molecular flexibility index (Phi) is 2.84. The molecule has 0 saturated heterocycles. The van der Waals surface area contributed by atoms with Crippen molar-refractivity contribution >= 4 is 22.0 Å². The maximum Gasteiger partial charge on any atom is 0.362 e. The van der Waals surface area contributed by atoms with Gasteiger partial charge in [-0.15, -0.1) is 5.10 Å². The standard InChI is InChI=1S/C19H11N3O3/c23-19-16(22-15-5-2-1-4-14(15)20-21-22)10-12-7-8-13(11-18(12)25-19)17-6-3-9-24-17/h1-11H. The molecule has 2 aromatic carbocycles. The number of rotatable bonds is 2. The van der Waals surface area contributed by atoms with Gasteiger partial charge < -0.3 is 8.83 Å². The molecule has 6 heteroatoms. The molecule has 0 amide bonds. The van der Waals surface area contributed by atoms with Crippen LogP contribution in [0.1, 0.15) is 0 Å². The van der Waals surface area contributed by atoms with Crippen molar-refractivity contribution in [2.24, 2.45) is 0 Å². The van der Waals surface area contributed by atoms with Gasteiger partial charge in [-0.05, 0) is 36.4 Å². The molecule has 0 radical (unpaired) electrons. The monoisotopic (exact) mass is 329 g/mol. The van der Waals surface area contributed by atoms with Crippen LogP contribution in [0.25, 0.3) is 39.0 Å². The van der Waals surface area contributed by atoms with Gasteiger partial charge in [0.25, 0.3) is 0 Å². The molecule has 0 N–H and O–H groups in total. The minimum Gasteiger partial charge on any atom is -0.464 e. The molecule has 0 aliphatic carbocycles. The van der Waals surface area contributed by atoms with Crippen LogP contribution in [0, 0.1) is 0 Å². The summed E-state index contributed by atoms with van der Waals surface area (Å²) in [5, 5.41) is 8.96. The SMILES string of the molecule is O=c1oc2cc(-c3ccco3)ccc2cc1-n1nnc2ccccc21. The largest absolute Gasteiger partial charge is 0.464 e. The summed E-state index contributed by atoms with van der Waals surface area (Å²) in [6.45, 7) is 0. The van der Waals surface area contributed by atoms with Gasteiger partial charge in [0, 0.05) is 10.9 Å². The number of hydrogen-bond acceptors (Lipinski definition) is 5. The Morgan fingerprint density at radius 3 is 2.76 bits per heavy atom.